The van der Waals surface area contributed by atoms with Crippen molar-refractivity contribution >= 4 is 10.0 Å². The molecule has 0 spiro atoms. The Labute approximate surface area is 114 Å². The molecule has 1 heterocycles. The first-order valence-electron chi connectivity index (χ1n) is 6.90. The van der Waals surface area contributed by atoms with E-state index >= 15 is 0 Å². The van der Waals surface area contributed by atoms with E-state index in [1.807, 2.05) is 0 Å². The second-order valence-corrected chi connectivity index (χ2v) is 7.34. The third kappa shape index (κ3) is 2.15. The number of phenolic OH excluding ortho intramolecular Hbond substituents is 1. The molecule has 0 radical (unpaired) electrons. The van der Waals surface area contributed by atoms with Crippen molar-refractivity contribution in [1.82, 2.24) is 4.31 Å². The average Bonchev–Trinajstić information content (AvgIpc) is 2.83. The first-order valence-corrected chi connectivity index (χ1v) is 8.34. The molecule has 2 fully saturated rings. The number of fused-ring (bicyclic) bond motifs is 1. The van der Waals surface area contributed by atoms with Crippen molar-refractivity contribution < 1.29 is 13.5 Å². The van der Waals surface area contributed by atoms with E-state index in [4.69, 9.17) is 0 Å². The summed E-state index contributed by atoms with van der Waals surface area (Å²) in [6, 6.07) is 6.35. The lowest BCUT2D eigenvalue weighted by molar-refractivity contribution is 0.260. The maximum atomic E-state index is 12.7. The zero-order chi connectivity index (χ0) is 13.5. The summed E-state index contributed by atoms with van der Waals surface area (Å²) in [6.45, 7) is 0.589. The van der Waals surface area contributed by atoms with Crippen LogP contribution in [0.5, 0.6) is 5.75 Å². The first-order chi connectivity index (χ1) is 9.10. The average molecular weight is 281 g/mol. The Bertz CT molecular complexity index is 570. The molecule has 0 aromatic heterocycles. The Hall–Kier alpha value is -1.07. The molecule has 0 bridgehead atoms. The fraction of sp³-hybridized carbons (Fsp3) is 0.571. The van der Waals surface area contributed by atoms with Gasteiger partial charge in [0, 0.05) is 12.6 Å². The van der Waals surface area contributed by atoms with Crippen molar-refractivity contribution in [1.29, 1.82) is 0 Å². The summed E-state index contributed by atoms with van der Waals surface area (Å²) in [4.78, 5) is 0.0428. The predicted molar refractivity (Wildman–Crippen MR) is 72.4 cm³/mol. The van der Waals surface area contributed by atoms with Gasteiger partial charge < -0.3 is 5.11 Å². The molecule has 5 heteroatoms. The second kappa shape index (κ2) is 4.80. The minimum Gasteiger partial charge on any atom is -0.507 e. The van der Waals surface area contributed by atoms with E-state index < -0.39 is 10.0 Å². The van der Waals surface area contributed by atoms with E-state index in [0.717, 1.165) is 25.7 Å². The minimum atomic E-state index is -3.56. The summed E-state index contributed by atoms with van der Waals surface area (Å²) in [5.74, 6) is 0.358. The van der Waals surface area contributed by atoms with Crippen LogP contribution in [0.1, 0.15) is 32.1 Å². The number of hydrogen-bond acceptors (Lipinski definition) is 3. The summed E-state index contributed by atoms with van der Waals surface area (Å²) in [6.07, 6.45) is 5.37. The van der Waals surface area contributed by atoms with Gasteiger partial charge in [0.25, 0.3) is 0 Å². The number of phenols is 1. The lowest BCUT2D eigenvalue weighted by atomic mass is 9.86. The van der Waals surface area contributed by atoms with Crippen LogP contribution in [0.15, 0.2) is 29.2 Å². The van der Waals surface area contributed by atoms with E-state index in [0.29, 0.717) is 12.5 Å². The van der Waals surface area contributed by atoms with Crippen LogP contribution >= 0.6 is 0 Å². The van der Waals surface area contributed by atoms with Gasteiger partial charge >= 0.3 is 0 Å². The highest BCUT2D eigenvalue weighted by atomic mass is 32.2. The third-order valence-corrected chi connectivity index (χ3v) is 6.38. The van der Waals surface area contributed by atoms with E-state index in [-0.39, 0.29) is 16.7 Å². The van der Waals surface area contributed by atoms with Crippen LogP contribution in [0.4, 0.5) is 0 Å². The van der Waals surface area contributed by atoms with E-state index in [1.165, 1.54) is 18.6 Å². The Morgan fingerprint density at radius 1 is 1.11 bits per heavy atom. The SMILES string of the molecule is O=S(=O)(c1ccccc1O)N1CCC2CCCCC21. The number of hydrogen-bond donors (Lipinski definition) is 1. The number of benzene rings is 1. The zero-order valence-corrected chi connectivity index (χ0v) is 11.6. The summed E-state index contributed by atoms with van der Waals surface area (Å²) in [5, 5.41) is 9.80. The highest BCUT2D eigenvalue weighted by molar-refractivity contribution is 7.89. The van der Waals surface area contributed by atoms with Crippen LogP contribution in [-0.4, -0.2) is 30.4 Å². The summed E-state index contributed by atoms with van der Waals surface area (Å²) < 4.78 is 27.0. The minimum absolute atomic E-state index is 0.0428. The second-order valence-electron chi connectivity index (χ2n) is 5.48. The molecule has 1 aromatic carbocycles. The zero-order valence-electron chi connectivity index (χ0n) is 10.8. The van der Waals surface area contributed by atoms with Gasteiger partial charge in [0.05, 0.1) is 0 Å². The van der Waals surface area contributed by atoms with Crippen molar-refractivity contribution in [3.63, 3.8) is 0 Å². The van der Waals surface area contributed by atoms with Gasteiger partial charge in [0.2, 0.25) is 10.0 Å². The molecule has 1 saturated carbocycles. The maximum Gasteiger partial charge on any atom is 0.247 e. The highest BCUT2D eigenvalue weighted by Crippen LogP contribution is 2.40. The van der Waals surface area contributed by atoms with Crippen molar-refractivity contribution in [3.05, 3.63) is 24.3 Å². The van der Waals surface area contributed by atoms with Crippen LogP contribution in [0.2, 0.25) is 0 Å². The van der Waals surface area contributed by atoms with Gasteiger partial charge in [-0.1, -0.05) is 25.0 Å². The van der Waals surface area contributed by atoms with Gasteiger partial charge in [-0.3, -0.25) is 0 Å². The predicted octanol–water partition coefficient (Wildman–Crippen LogP) is 2.35. The van der Waals surface area contributed by atoms with Crippen molar-refractivity contribution in [2.75, 3.05) is 6.54 Å². The molecule has 2 aliphatic rings. The molecule has 1 aliphatic carbocycles. The molecule has 1 saturated heterocycles. The Morgan fingerprint density at radius 2 is 1.84 bits per heavy atom. The van der Waals surface area contributed by atoms with Crippen molar-refractivity contribution in [3.8, 4) is 5.75 Å². The van der Waals surface area contributed by atoms with E-state index in [2.05, 4.69) is 0 Å². The fourth-order valence-corrected chi connectivity index (χ4v) is 5.28. The molecule has 1 N–H and O–H groups in total. The Morgan fingerprint density at radius 3 is 2.63 bits per heavy atom. The fourth-order valence-electron chi connectivity index (χ4n) is 3.46. The van der Waals surface area contributed by atoms with Gasteiger partial charge in [-0.05, 0) is 37.3 Å². The normalized spacial score (nSPS) is 28.2. The smallest absolute Gasteiger partial charge is 0.247 e. The number of aromatic hydroxyl groups is 1. The topological polar surface area (TPSA) is 57.6 Å². The van der Waals surface area contributed by atoms with Crippen LogP contribution in [-0.2, 0) is 10.0 Å². The lowest BCUT2D eigenvalue weighted by Gasteiger charge is -2.31. The van der Waals surface area contributed by atoms with Gasteiger partial charge in [0.15, 0.2) is 0 Å². The molecular weight excluding hydrogens is 262 g/mol. The van der Waals surface area contributed by atoms with Crippen molar-refractivity contribution in [2.24, 2.45) is 5.92 Å². The molecule has 2 unspecified atom stereocenters. The number of nitrogens with zero attached hydrogens (tertiary/aromatic N) is 1. The van der Waals surface area contributed by atoms with Crippen LogP contribution in [0.25, 0.3) is 0 Å². The summed E-state index contributed by atoms with van der Waals surface area (Å²) in [5.41, 5.74) is 0. The van der Waals surface area contributed by atoms with Gasteiger partial charge in [-0.15, -0.1) is 0 Å². The van der Waals surface area contributed by atoms with Crippen LogP contribution < -0.4 is 0 Å². The summed E-state index contributed by atoms with van der Waals surface area (Å²) in [7, 11) is -3.56. The molecule has 4 nitrogen and oxygen atoms in total. The molecule has 1 aliphatic heterocycles. The van der Waals surface area contributed by atoms with E-state index in [1.54, 1.807) is 16.4 Å². The number of sulfonamides is 1. The number of para-hydroxylation sites is 1. The molecule has 1 aromatic rings. The van der Waals surface area contributed by atoms with Crippen LogP contribution in [0, 0.1) is 5.92 Å². The molecule has 0 amide bonds. The third-order valence-electron chi connectivity index (χ3n) is 4.41. The first kappa shape index (κ1) is 12.9. The molecule has 2 atom stereocenters. The van der Waals surface area contributed by atoms with E-state index in [9.17, 15) is 13.5 Å². The standard InChI is InChI=1S/C14H19NO3S/c16-13-7-3-4-8-14(13)19(17,18)15-10-9-11-5-1-2-6-12(11)15/h3-4,7-8,11-12,16H,1-2,5-6,9-10H2. The molecular formula is C14H19NO3S. The molecule has 3 rings (SSSR count). The highest BCUT2D eigenvalue weighted by Gasteiger charge is 2.42. The molecule has 19 heavy (non-hydrogen) atoms. The van der Waals surface area contributed by atoms with Crippen LogP contribution in [0.3, 0.4) is 0 Å². The van der Waals surface area contributed by atoms with Gasteiger partial charge in [0.1, 0.15) is 10.6 Å². The Kier molecular flexibility index (Phi) is 3.27. The monoisotopic (exact) mass is 281 g/mol. The van der Waals surface area contributed by atoms with Gasteiger partial charge in [-0.25, -0.2) is 8.42 Å². The van der Waals surface area contributed by atoms with Crippen molar-refractivity contribution in [2.45, 2.75) is 43.0 Å². The number of rotatable bonds is 2. The summed E-state index contributed by atoms with van der Waals surface area (Å²) >= 11 is 0. The molecule has 104 valence electrons. The quantitative estimate of drug-likeness (QED) is 0.905. The lowest BCUT2D eigenvalue weighted by Crippen LogP contribution is -2.39. The Balaban J connectivity index is 1.95. The van der Waals surface area contributed by atoms with Gasteiger partial charge in [-0.2, -0.15) is 4.31 Å². The maximum absolute atomic E-state index is 12.7. The largest absolute Gasteiger partial charge is 0.507 e.